The first-order valence-corrected chi connectivity index (χ1v) is 10.1. The van der Waals surface area contributed by atoms with Crippen molar-refractivity contribution in [3.63, 3.8) is 0 Å². The Balaban J connectivity index is 1.44. The van der Waals surface area contributed by atoms with E-state index in [0.29, 0.717) is 12.5 Å². The fraction of sp³-hybridized carbons (Fsp3) is 0.455. The predicted octanol–water partition coefficient (Wildman–Crippen LogP) is 2.97. The van der Waals surface area contributed by atoms with E-state index in [9.17, 15) is 9.90 Å². The zero-order chi connectivity index (χ0) is 19.1. The van der Waals surface area contributed by atoms with E-state index in [1.807, 2.05) is 23.1 Å². The van der Waals surface area contributed by atoms with Crippen LogP contribution in [0.15, 0.2) is 42.6 Å². The van der Waals surface area contributed by atoms with Crippen molar-refractivity contribution in [2.24, 2.45) is 5.92 Å². The average Bonchev–Trinajstić information content (AvgIpc) is 2.73. The Morgan fingerprint density at radius 3 is 2.71 bits per heavy atom. The Bertz CT molecular complexity index is 879. The van der Waals surface area contributed by atoms with Crippen molar-refractivity contribution in [2.75, 3.05) is 26.2 Å². The third-order valence-electron chi connectivity index (χ3n) is 6.45. The van der Waals surface area contributed by atoms with Crippen molar-refractivity contribution < 1.29 is 14.6 Å². The molecule has 6 nitrogen and oxygen atoms in total. The molecule has 2 aromatic rings. The lowest BCUT2D eigenvalue weighted by atomic mass is 9.86. The van der Waals surface area contributed by atoms with Crippen LogP contribution >= 0.6 is 0 Å². The summed E-state index contributed by atoms with van der Waals surface area (Å²) >= 11 is 0. The summed E-state index contributed by atoms with van der Waals surface area (Å²) in [4.78, 5) is 21.3. The highest BCUT2D eigenvalue weighted by Crippen LogP contribution is 2.37. The monoisotopic (exact) mass is 379 g/mol. The Morgan fingerprint density at radius 1 is 1.14 bits per heavy atom. The molecule has 4 aliphatic heterocycles. The van der Waals surface area contributed by atoms with Gasteiger partial charge >= 0.3 is 6.09 Å². The van der Waals surface area contributed by atoms with Crippen molar-refractivity contribution in [2.45, 2.75) is 31.4 Å². The molecule has 6 rings (SSSR count). The maximum atomic E-state index is 13.2. The van der Waals surface area contributed by atoms with Crippen molar-refractivity contribution in [1.82, 2.24) is 14.8 Å². The molecule has 2 bridgehead atoms. The summed E-state index contributed by atoms with van der Waals surface area (Å²) in [6.45, 7) is 3.69. The summed E-state index contributed by atoms with van der Waals surface area (Å²) in [5, 5.41) is 9.90. The van der Waals surface area contributed by atoms with Gasteiger partial charge in [0.2, 0.25) is 5.88 Å². The number of carbonyl (C=O) groups excluding carboxylic acids is 1. The number of aromatic hydroxyl groups is 1. The minimum absolute atomic E-state index is 0.0151. The van der Waals surface area contributed by atoms with Crippen LogP contribution in [-0.4, -0.2) is 58.3 Å². The molecule has 4 aliphatic rings. The third kappa shape index (κ3) is 3.11. The van der Waals surface area contributed by atoms with Gasteiger partial charge in [-0.3, -0.25) is 9.80 Å². The summed E-state index contributed by atoms with van der Waals surface area (Å²) in [7, 11) is 0. The van der Waals surface area contributed by atoms with Gasteiger partial charge in [0.05, 0.1) is 6.04 Å². The van der Waals surface area contributed by atoms with Gasteiger partial charge in [-0.1, -0.05) is 24.3 Å². The first kappa shape index (κ1) is 17.5. The van der Waals surface area contributed by atoms with Crippen molar-refractivity contribution in [3.05, 3.63) is 59.3 Å². The molecule has 0 aliphatic carbocycles. The van der Waals surface area contributed by atoms with Gasteiger partial charge in [-0.05, 0) is 61.0 Å². The van der Waals surface area contributed by atoms with Gasteiger partial charge in [0.15, 0.2) is 0 Å². The number of hydrogen-bond donors (Lipinski definition) is 1. The first-order valence-electron chi connectivity index (χ1n) is 10.1. The molecule has 6 heteroatoms. The van der Waals surface area contributed by atoms with Crippen LogP contribution in [0.1, 0.15) is 35.6 Å². The van der Waals surface area contributed by atoms with Crippen LogP contribution in [0.2, 0.25) is 0 Å². The first-order chi connectivity index (χ1) is 13.7. The van der Waals surface area contributed by atoms with E-state index in [4.69, 9.17) is 4.74 Å². The number of benzene rings is 1. The number of rotatable bonds is 2. The zero-order valence-electron chi connectivity index (χ0n) is 15.8. The SMILES string of the molecule is O=C(O[C@@H]1CN2CCC1CC2)N1CCc2ccccc2[C@H]1c1ccnc(O)c1. The number of ether oxygens (including phenoxy) is 1. The van der Waals surface area contributed by atoms with E-state index in [0.717, 1.165) is 50.0 Å². The largest absolute Gasteiger partial charge is 0.493 e. The Kier molecular flexibility index (Phi) is 4.43. The highest BCUT2D eigenvalue weighted by atomic mass is 16.6. The minimum atomic E-state index is -0.271. The Morgan fingerprint density at radius 2 is 1.96 bits per heavy atom. The van der Waals surface area contributed by atoms with Gasteiger partial charge < -0.3 is 9.84 Å². The van der Waals surface area contributed by atoms with Crippen molar-refractivity contribution in [1.29, 1.82) is 0 Å². The predicted molar refractivity (Wildman–Crippen MR) is 104 cm³/mol. The molecule has 3 fully saturated rings. The number of carbonyl (C=O) groups is 1. The number of hydrogen-bond acceptors (Lipinski definition) is 5. The van der Waals surface area contributed by atoms with E-state index < -0.39 is 0 Å². The lowest BCUT2D eigenvalue weighted by molar-refractivity contribution is -0.0462. The second-order valence-electron chi connectivity index (χ2n) is 8.05. The summed E-state index contributed by atoms with van der Waals surface area (Å²) in [5.74, 6) is 0.445. The lowest BCUT2D eigenvalue weighted by Gasteiger charge is -2.45. The van der Waals surface area contributed by atoms with Gasteiger partial charge in [-0.25, -0.2) is 9.78 Å². The summed E-state index contributed by atoms with van der Waals surface area (Å²) < 4.78 is 6.03. The molecule has 0 spiro atoms. The summed E-state index contributed by atoms with van der Waals surface area (Å²) in [6.07, 6.45) is 4.34. The van der Waals surface area contributed by atoms with E-state index in [1.165, 1.54) is 5.56 Å². The smallest absolute Gasteiger partial charge is 0.410 e. The zero-order valence-corrected chi connectivity index (χ0v) is 15.8. The third-order valence-corrected chi connectivity index (χ3v) is 6.45. The van der Waals surface area contributed by atoms with Crippen LogP contribution in [-0.2, 0) is 11.2 Å². The van der Waals surface area contributed by atoms with Crippen LogP contribution in [0.4, 0.5) is 4.79 Å². The molecular weight excluding hydrogens is 354 g/mol. The molecular formula is C22H25N3O3. The van der Waals surface area contributed by atoms with Gasteiger partial charge in [0.1, 0.15) is 6.10 Å². The normalized spacial score (nSPS) is 28.6. The molecule has 3 saturated heterocycles. The van der Waals surface area contributed by atoms with Gasteiger partial charge in [0.25, 0.3) is 0 Å². The average molecular weight is 379 g/mol. The Hall–Kier alpha value is -2.60. The molecule has 0 saturated carbocycles. The molecule has 5 heterocycles. The van der Waals surface area contributed by atoms with Gasteiger partial charge in [0, 0.05) is 25.4 Å². The van der Waals surface area contributed by atoms with Crippen molar-refractivity contribution >= 4 is 6.09 Å². The molecule has 1 aromatic heterocycles. The van der Waals surface area contributed by atoms with E-state index in [2.05, 4.69) is 22.0 Å². The minimum Gasteiger partial charge on any atom is -0.493 e. The van der Waals surface area contributed by atoms with Crippen molar-refractivity contribution in [3.8, 4) is 5.88 Å². The number of amides is 1. The fourth-order valence-electron chi connectivity index (χ4n) is 4.97. The molecule has 0 radical (unpaired) electrons. The molecule has 1 aromatic carbocycles. The van der Waals surface area contributed by atoms with E-state index in [-0.39, 0.29) is 24.1 Å². The summed E-state index contributed by atoms with van der Waals surface area (Å²) in [6, 6.07) is 11.4. The lowest BCUT2D eigenvalue weighted by Crippen LogP contribution is -2.53. The molecule has 2 atom stereocenters. The number of fused-ring (bicyclic) bond motifs is 4. The summed E-state index contributed by atoms with van der Waals surface area (Å²) in [5.41, 5.74) is 3.17. The Labute approximate surface area is 164 Å². The second kappa shape index (κ2) is 7.09. The van der Waals surface area contributed by atoms with Crippen LogP contribution in [0, 0.1) is 5.92 Å². The van der Waals surface area contributed by atoms with Crippen LogP contribution in [0.5, 0.6) is 5.88 Å². The van der Waals surface area contributed by atoms with Gasteiger partial charge in [-0.15, -0.1) is 0 Å². The van der Waals surface area contributed by atoms with Crippen LogP contribution in [0.3, 0.4) is 0 Å². The highest BCUT2D eigenvalue weighted by Gasteiger charge is 2.39. The van der Waals surface area contributed by atoms with Gasteiger partial charge in [-0.2, -0.15) is 0 Å². The maximum absolute atomic E-state index is 13.2. The van der Waals surface area contributed by atoms with Crippen LogP contribution in [0.25, 0.3) is 0 Å². The van der Waals surface area contributed by atoms with Crippen LogP contribution < -0.4 is 0 Å². The quantitative estimate of drug-likeness (QED) is 0.869. The fourth-order valence-corrected chi connectivity index (χ4v) is 4.97. The molecule has 146 valence electrons. The second-order valence-corrected chi connectivity index (χ2v) is 8.05. The molecule has 1 amide bonds. The topological polar surface area (TPSA) is 65.9 Å². The molecule has 28 heavy (non-hydrogen) atoms. The number of pyridine rings is 1. The standard InChI is InChI=1S/C22H25N3O3/c26-20-13-17(5-9-23-20)21-18-4-2-1-3-15(18)8-12-25(21)22(27)28-19-14-24-10-6-16(19)7-11-24/h1-5,9,13,16,19,21H,6-8,10-12,14H2,(H,23,26)/t19-,21-/m1/s1. The highest BCUT2D eigenvalue weighted by molar-refractivity contribution is 5.70. The number of piperidine rings is 3. The van der Waals surface area contributed by atoms with E-state index >= 15 is 0 Å². The molecule has 0 unspecified atom stereocenters. The molecule has 1 N–H and O–H groups in total. The number of aromatic nitrogens is 1. The number of nitrogens with zero attached hydrogens (tertiary/aromatic N) is 3. The maximum Gasteiger partial charge on any atom is 0.410 e. The van der Waals surface area contributed by atoms with E-state index in [1.54, 1.807) is 12.3 Å².